The van der Waals surface area contributed by atoms with Gasteiger partial charge >= 0.3 is 0 Å². The van der Waals surface area contributed by atoms with Crippen molar-refractivity contribution in [2.24, 2.45) is 0 Å². The van der Waals surface area contributed by atoms with E-state index in [-0.39, 0.29) is 5.38 Å². The third-order valence-corrected chi connectivity index (χ3v) is 2.21. The van der Waals surface area contributed by atoms with Gasteiger partial charge in [-0.3, -0.25) is 0 Å². The summed E-state index contributed by atoms with van der Waals surface area (Å²) in [6.07, 6.45) is 2.02. The molecule has 0 aliphatic heterocycles. The Morgan fingerprint density at radius 2 is 1.91 bits per heavy atom. The van der Waals surface area contributed by atoms with Crippen LogP contribution in [0.15, 0.2) is 30.3 Å². The lowest BCUT2D eigenvalue weighted by Gasteiger charge is -2.04. The zero-order chi connectivity index (χ0) is 8.10. The Morgan fingerprint density at radius 1 is 1.27 bits per heavy atom. The summed E-state index contributed by atoms with van der Waals surface area (Å²) in [5, 5.41) is 0.289. The molecule has 0 nitrogen and oxygen atoms in total. The van der Waals surface area contributed by atoms with Crippen molar-refractivity contribution in [1.82, 2.24) is 0 Å². The Balaban J connectivity index is 2.51. The van der Waals surface area contributed by atoms with Crippen LogP contribution < -0.4 is 0 Å². The van der Waals surface area contributed by atoms with Gasteiger partial charge in [0, 0.05) is 5.38 Å². The van der Waals surface area contributed by atoms with Gasteiger partial charge in [0.25, 0.3) is 0 Å². The number of benzene rings is 1. The zero-order valence-corrected chi connectivity index (χ0v) is 7.51. The average molecular weight is 169 g/mol. The van der Waals surface area contributed by atoms with Crippen molar-refractivity contribution in [2.75, 3.05) is 0 Å². The highest BCUT2D eigenvalue weighted by Gasteiger charge is 2.00. The molecule has 0 fully saturated rings. The highest BCUT2D eigenvalue weighted by Crippen LogP contribution is 2.10. The van der Waals surface area contributed by atoms with Crippen molar-refractivity contribution in [1.29, 1.82) is 0 Å². The van der Waals surface area contributed by atoms with Gasteiger partial charge in [0.2, 0.25) is 0 Å². The van der Waals surface area contributed by atoms with Crippen molar-refractivity contribution in [3.05, 3.63) is 35.9 Å². The molecule has 1 aromatic carbocycles. The van der Waals surface area contributed by atoms with Gasteiger partial charge in [-0.2, -0.15) is 0 Å². The molecule has 11 heavy (non-hydrogen) atoms. The number of hydrogen-bond donors (Lipinski definition) is 0. The van der Waals surface area contributed by atoms with E-state index >= 15 is 0 Å². The van der Waals surface area contributed by atoms with Crippen molar-refractivity contribution in [3.8, 4) is 0 Å². The van der Waals surface area contributed by atoms with E-state index in [4.69, 9.17) is 11.6 Å². The largest absolute Gasteiger partial charge is 0.123 e. The van der Waals surface area contributed by atoms with Crippen LogP contribution in [0, 0.1) is 0 Å². The van der Waals surface area contributed by atoms with Crippen LogP contribution in [0.5, 0.6) is 0 Å². The maximum absolute atomic E-state index is 6.00. The molecule has 0 saturated heterocycles. The maximum atomic E-state index is 6.00. The number of halogens is 1. The predicted octanol–water partition coefficient (Wildman–Crippen LogP) is 3.25. The third-order valence-electron chi connectivity index (χ3n) is 1.74. The minimum atomic E-state index is 0.289. The summed E-state index contributed by atoms with van der Waals surface area (Å²) in [6, 6.07) is 10.4. The Bertz CT molecular complexity index is 193. The summed E-state index contributed by atoms with van der Waals surface area (Å²) in [4.78, 5) is 0. The molecule has 0 aliphatic carbocycles. The van der Waals surface area contributed by atoms with Crippen LogP contribution in [0.4, 0.5) is 0 Å². The normalized spacial score (nSPS) is 12.9. The highest BCUT2D eigenvalue weighted by atomic mass is 35.5. The molecule has 1 atom stereocenters. The van der Waals surface area contributed by atoms with Gasteiger partial charge in [0.1, 0.15) is 0 Å². The van der Waals surface area contributed by atoms with Gasteiger partial charge in [-0.25, -0.2) is 0 Å². The fourth-order valence-electron chi connectivity index (χ4n) is 1.01. The van der Waals surface area contributed by atoms with E-state index < -0.39 is 0 Å². The van der Waals surface area contributed by atoms with E-state index in [1.54, 1.807) is 0 Å². The SMILES string of the molecule is CC[C@H](Cl)Cc1ccccc1. The summed E-state index contributed by atoms with van der Waals surface area (Å²) >= 11 is 6.00. The smallest absolute Gasteiger partial charge is 0.0373 e. The lowest BCUT2D eigenvalue weighted by Crippen LogP contribution is -2.00. The third kappa shape index (κ3) is 2.94. The minimum Gasteiger partial charge on any atom is -0.123 e. The first kappa shape index (κ1) is 8.61. The van der Waals surface area contributed by atoms with Crippen molar-refractivity contribution < 1.29 is 0 Å². The fourth-order valence-corrected chi connectivity index (χ4v) is 1.19. The first-order chi connectivity index (χ1) is 5.33. The monoisotopic (exact) mass is 168 g/mol. The average Bonchev–Trinajstić information content (AvgIpc) is 2.06. The van der Waals surface area contributed by atoms with Crippen LogP contribution in [0.2, 0.25) is 0 Å². The molecule has 1 rings (SSSR count). The fraction of sp³-hybridized carbons (Fsp3) is 0.400. The standard InChI is InChI=1S/C10H13Cl/c1-2-10(11)8-9-6-4-3-5-7-9/h3-7,10H,2,8H2,1H3/t10-/m0/s1. The van der Waals surface area contributed by atoms with Crippen LogP contribution in [-0.2, 0) is 6.42 Å². The molecule has 0 N–H and O–H groups in total. The van der Waals surface area contributed by atoms with E-state index in [2.05, 4.69) is 31.2 Å². The summed E-state index contributed by atoms with van der Waals surface area (Å²) in [5.74, 6) is 0. The van der Waals surface area contributed by atoms with E-state index in [0.29, 0.717) is 0 Å². The molecule has 0 heterocycles. The van der Waals surface area contributed by atoms with E-state index in [1.165, 1.54) is 5.56 Å². The first-order valence-corrected chi connectivity index (χ1v) is 4.44. The molecule has 0 aliphatic rings. The summed E-state index contributed by atoms with van der Waals surface area (Å²) in [5.41, 5.74) is 1.33. The zero-order valence-electron chi connectivity index (χ0n) is 6.76. The molecule has 0 saturated carbocycles. The topological polar surface area (TPSA) is 0 Å². The molecule has 0 unspecified atom stereocenters. The van der Waals surface area contributed by atoms with Crippen LogP contribution in [0.25, 0.3) is 0 Å². The molecule has 0 radical (unpaired) electrons. The van der Waals surface area contributed by atoms with Crippen LogP contribution in [0.3, 0.4) is 0 Å². The van der Waals surface area contributed by atoms with Gasteiger partial charge in [-0.15, -0.1) is 11.6 Å². The van der Waals surface area contributed by atoms with E-state index in [0.717, 1.165) is 12.8 Å². The van der Waals surface area contributed by atoms with Gasteiger partial charge in [-0.05, 0) is 18.4 Å². The molecular weight excluding hydrogens is 156 g/mol. The van der Waals surface area contributed by atoms with Gasteiger partial charge in [0.15, 0.2) is 0 Å². The summed E-state index contributed by atoms with van der Waals surface area (Å²) < 4.78 is 0. The lowest BCUT2D eigenvalue weighted by molar-refractivity contribution is 0.805. The predicted molar refractivity (Wildman–Crippen MR) is 50.1 cm³/mol. The second kappa shape index (κ2) is 4.40. The maximum Gasteiger partial charge on any atom is 0.0373 e. The Hall–Kier alpha value is -0.490. The van der Waals surface area contributed by atoms with Gasteiger partial charge < -0.3 is 0 Å². The molecule has 0 aromatic heterocycles. The molecule has 60 valence electrons. The molecular formula is C10H13Cl. The second-order valence-electron chi connectivity index (χ2n) is 2.70. The van der Waals surface area contributed by atoms with Crippen LogP contribution >= 0.6 is 11.6 Å². The first-order valence-electron chi connectivity index (χ1n) is 4.01. The van der Waals surface area contributed by atoms with Gasteiger partial charge in [-0.1, -0.05) is 37.3 Å². The van der Waals surface area contributed by atoms with Crippen LogP contribution in [0.1, 0.15) is 18.9 Å². The molecule has 0 bridgehead atoms. The highest BCUT2D eigenvalue weighted by molar-refractivity contribution is 6.20. The molecule has 1 aromatic rings. The Kier molecular flexibility index (Phi) is 3.44. The van der Waals surface area contributed by atoms with Crippen molar-refractivity contribution >= 4 is 11.6 Å². The second-order valence-corrected chi connectivity index (χ2v) is 3.31. The summed E-state index contributed by atoms with van der Waals surface area (Å²) in [6.45, 7) is 2.11. The molecule has 0 amide bonds. The van der Waals surface area contributed by atoms with Crippen molar-refractivity contribution in [2.45, 2.75) is 25.1 Å². The minimum absolute atomic E-state index is 0.289. The van der Waals surface area contributed by atoms with Gasteiger partial charge in [0.05, 0.1) is 0 Å². The quantitative estimate of drug-likeness (QED) is 0.608. The molecule has 0 spiro atoms. The number of hydrogen-bond acceptors (Lipinski definition) is 0. The molecule has 1 heteroatoms. The van der Waals surface area contributed by atoms with E-state index in [9.17, 15) is 0 Å². The Morgan fingerprint density at radius 3 is 2.45 bits per heavy atom. The summed E-state index contributed by atoms with van der Waals surface area (Å²) in [7, 11) is 0. The van der Waals surface area contributed by atoms with Crippen molar-refractivity contribution in [3.63, 3.8) is 0 Å². The van der Waals surface area contributed by atoms with Crippen LogP contribution in [-0.4, -0.2) is 5.38 Å². The lowest BCUT2D eigenvalue weighted by atomic mass is 10.1. The van der Waals surface area contributed by atoms with E-state index in [1.807, 2.05) is 6.07 Å². The number of rotatable bonds is 3. The Labute approximate surface area is 73.2 Å². The number of alkyl halides is 1.